The highest BCUT2D eigenvalue weighted by Crippen LogP contribution is 2.25. The molecule has 1 aromatic carbocycles. The summed E-state index contributed by atoms with van der Waals surface area (Å²) in [5.74, 6) is 0.193. The molecule has 8 heteroatoms. The molecule has 0 aromatic heterocycles. The second-order valence-corrected chi connectivity index (χ2v) is 5.81. The number of hydrogen-bond acceptors (Lipinski definition) is 6. The highest BCUT2D eigenvalue weighted by molar-refractivity contribution is 7.89. The van der Waals surface area contributed by atoms with Crippen molar-refractivity contribution in [3.8, 4) is 5.75 Å². The fraction of sp³-hybridized carbons (Fsp3) is 0.500. The van der Waals surface area contributed by atoms with Crippen LogP contribution in [0.3, 0.4) is 0 Å². The van der Waals surface area contributed by atoms with Gasteiger partial charge in [0.15, 0.2) is 0 Å². The third-order valence-electron chi connectivity index (χ3n) is 2.66. The second-order valence-electron chi connectivity index (χ2n) is 4.08. The Hall–Kier alpha value is -1.35. The molecule has 114 valence electrons. The average Bonchev–Trinajstić information content (AvgIpc) is 2.42. The number of nitrogen functional groups attached to an aromatic ring is 1. The summed E-state index contributed by atoms with van der Waals surface area (Å²) in [4.78, 5) is 0.0291. The van der Waals surface area contributed by atoms with Crippen molar-refractivity contribution in [1.82, 2.24) is 4.72 Å². The van der Waals surface area contributed by atoms with E-state index in [1.54, 1.807) is 0 Å². The molecule has 0 aliphatic rings. The van der Waals surface area contributed by atoms with Crippen LogP contribution in [0.4, 0.5) is 5.69 Å². The number of hydrogen-bond donors (Lipinski definition) is 2. The van der Waals surface area contributed by atoms with Gasteiger partial charge in [-0.05, 0) is 12.1 Å². The maximum Gasteiger partial charge on any atom is 0.244 e. The van der Waals surface area contributed by atoms with E-state index < -0.39 is 10.0 Å². The Labute approximate surface area is 119 Å². The van der Waals surface area contributed by atoms with Crippen LogP contribution in [0.2, 0.25) is 0 Å². The topological polar surface area (TPSA) is 99.9 Å². The van der Waals surface area contributed by atoms with Crippen LogP contribution in [-0.4, -0.2) is 49.0 Å². The maximum atomic E-state index is 12.2. The van der Waals surface area contributed by atoms with E-state index in [1.165, 1.54) is 39.5 Å². The Bertz CT molecular complexity index is 533. The smallest absolute Gasteiger partial charge is 0.244 e. The van der Waals surface area contributed by atoms with E-state index in [-0.39, 0.29) is 29.9 Å². The molecule has 0 saturated carbocycles. The van der Waals surface area contributed by atoms with Gasteiger partial charge in [0.25, 0.3) is 0 Å². The van der Waals surface area contributed by atoms with Gasteiger partial charge in [0, 0.05) is 32.5 Å². The summed E-state index contributed by atoms with van der Waals surface area (Å²) in [6.07, 6.45) is -0.366. The van der Waals surface area contributed by atoms with Gasteiger partial charge < -0.3 is 19.9 Å². The van der Waals surface area contributed by atoms with E-state index in [4.69, 9.17) is 19.9 Å². The van der Waals surface area contributed by atoms with E-state index in [0.29, 0.717) is 5.69 Å². The fourth-order valence-electron chi connectivity index (χ4n) is 1.58. The quantitative estimate of drug-likeness (QED) is 0.666. The Morgan fingerprint density at radius 3 is 2.55 bits per heavy atom. The molecular formula is C12H20N2O5S. The maximum absolute atomic E-state index is 12.2. The van der Waals surface area contributed by atoms with Crippen LogP contribution < -0.4 is 15.2 Å². The molecule has 0 bridgehead atoms. The lowest BCUT2D eigenvalue weighted by Crippen LogP contribution is -2.35. The molecule has 1 rings (SSSR count). The number of ether oxygens (including phenoxy) is 3. The summed E-state index contributed by atoms with van der Waals surface area (Å²) in [6.45, 7) is 0.387. The van der Waals surface area contributed by atoms with E-state index in [0.717, 1.165) is 0 Å². The lowest BCUT2D eigenvalue weighted by atomic mass is 10.3. The van der Waals surface area contributed by atoms with Gasteiger partial charge >= 0.3 is 0 Å². The lowest BCUT2D eigenvalue weighted by Gasteiger charge is -2.16. The Kier molecular flexibility index (Phi) is 6.21. The first-order valence-electron chi connectivity index (χ1n) is 5.89. The summed E-state index contributed by atoms with van der Waals surface area (Å²) < 4.78 is 41.9. The second kappa shape index (κ2) is 7.44. The Morgan fingerprint density at radius 2 is 2.00 bits per heavy atom. The van der Waals surface area contributed by atoms with Crippen molar-refractivity contribution in [2.45, 2.75) is 11.0 Å². The summed E-state index contributed by atoms with van der Waals surface area (Å²) in [5.41, 5.74) is 6.02. The first-order valence-corrected chi connectivity index (χ1v) is 7.37. The largest absolute Gasteiger partial charge is 0.495 e. The first kappa shape index (κ1) is 16.7. The van der Waals surface area contributed by atoms with Crippen molar-refractivity contribution in [3.63, 3.8) is 0 Å². The number of sulfonamides is 1. The summed E-state index contributed by atoms with van der Waals surface area (Å²) in [7, 11) is 0.681. The Morgan fingerprint density at radius 1 is 1.30 bits per heavy atom. The average molecular weight is 304 g/mol. The number of rotatable bonds is 8. The molecule has 0 spiro atoms. The number of anilines is 1. The lowest BCUT2D eigenvalue weighted by molar-refractivity contribution is 0.0320. The molecule has 0 saturated heterocycles. The molecule has 1 atom stereocenters. The molecule has 7 nitrogen and oxygen atoms in total. The molecule has 0 heterocycles. The molecule has 0 fully saturated rings. The van der Waals surface area contributed by atoms with E-state index in [1.807, 2.05) is 0 Å². The highest BCUT2D eigenvalue weighted by Gasteiger charge is 2.21. The summed E-state index contributed by atoms with van der Waals surface area (Å²) >= 11 is 0. The van der Waals surface area contributed by atoms with Crippen LogP contribution in [0.1, 0.15) is 0 Å². The Balaban J connectivity index is 2.88. The first-order chi connectivity index (χ1) is 9.44. The van der Waals surface area contributed by atoms with Gasteiger partial charge in [0.2, 0.25) is 10.0 Å². The van der Waals surface area contributed by atoms with E-state index in [9.17, 15) is 8.42 Å². The predicted octanol–water partition coefficient (Wildman–Crippen LogP) is 0.217. The van der Waals surface area contributed by atoms with Gasteiger partial charge in [-0.25, -0.2) is 13.1 Å². The molecule has 0 aliphatic carbocycles. The van der Waals surface area contributed by atoms with Crippen LogP contribution >= 0.6 is 0 Å². The third kappa shape index (κ3) is 4.34. The monoisotopic (exact) mass is 304 g/mol. The molecule has 20 heavy (non-hydrogen) atoms. The van der Waals surface area contributed by atoms with Crippen LogP contribution in [0.15, 0.2) is 23.1 Å². The van der Waals surface area contributed by atoms with Crippen LogP contribution in [0, 0.1) is 0 Å². The number of nitrogens with one attached hydrogen (secondary N) is 1. The van der Waals surface area contributed by atoms with Gasteiger partial charge in [0.05, 0.1) is 19.8 Å². The van der Waals surface area contributed by atoms with Gasteiger partial charge in [-0.2, -0.15) is 0 Å². The molecule has 3 N–H and O–H groups in total. The fourth-order valence-corrected chi connectivity index (χ4v) is 2.80. The van der Waals surface area contributed by atoms with Crippen molar-refractivity contribution in [2.24, 2.45) is 0 Å². The zero-order valence-corrected chi connectivity index (χ0v) is 12.6. The molecule has 0 aliphatic heterocycles. The van der Waals surface area contributed by atoms with Gasteiger partial charge in [-0.15, -0.1) is 0 Å². The number of nitrogens with two attached hydrogens (primary N) is 1. The zero-order chi connectivity index (χ0) is 15.2. The van der Waals surface area contributed by atoms with Gasteiger partial charge in [-0.1, -0.05) is 0 Å². The van der Waals surface area contributed by atoms with Crippen LogP contribution in [0.25, 0.3) is 0 Å². The van der Waals surface area contributed by atoms with Crippen molar-refractivity contribution >= 4 is 15.7 Å². The minimum atomic E-state index is -3.71. The molecular weight excluding hydrogens is 284 g/mol. The van der Waals surface area contributed by atoms with Crippen molar-refractivity contribution < 1.29 is 22.6 Å². The van der Waals surface area contributed by atoms with Crippen LogP contribution in [-0.2, 0) is 19.5 Å². The van der Waals surface area contributed by atoms with Crippen LogP contribution in [0.5, 0.6) is 5.75 Å². The number of benzene rings is 1. The van der Waals surface area contributed by atoms with Crippen molar-refractivity contribution in [1.29, 1.82) is 0 Å². The highest BCUT2D eigenvalue weighted by atomic mass is 32.2. The van der Waals surface area contributed by atoms with Gasteiger partial charge in [0.1, 0.15) is 10.6 Å². The summed E-state index contributed by atoms with van der Waals surface area (Å²) in [5, 5.41) is 0. The molecule has 0 amide bonds. The predicted molar refractivity (Wildman–Crippen MR) is 75.3 cm³/mol. The standard InChI is InChI=1S/C12H20N2O5S/c1-17-8-10(18-2)7-14-20(15,16)12-5-4-9(13)6-11(12)19-3/h4-6,10,14H,7-8,13H2,1-3H3. The summed E-state index contributed by atoms with van der Waals surface area (Å²) in [6, 6.07) is 4.35. The van der Waals surface area contributed by atoms with E-state index >= 15 is 0 Å². The SMILES string of the molecule is COCC(CNS(=O)(=O)c1ccc(N)cc1OC)OC. The minimum absolute atomic E-state index is 0.0291. The number of methoxy groups -OCH3 is 3. The van der Waals surface area contributed by atoms with Gasteiger partial charge in [-0.3, -0.25) is 0 Å². The van der Waals surface area contributed by atoms with Crippen molar-refractivity contribution in [2.75, 3.05) is 40.2 Å². The van der Waals surface area contributed by atoms with Crippen molar-refractivity contribution in [3.05, 3.63) is 18.2 Å². The normalized spacial score (nSPS) is 13.2. The molecule has 1 unspecified atom stereocenters. The molecule has 0 radical (unpaired) electrons. The van der Waals surface area contributed by atoms with E-state index in [2.05, 4.69) is 4.72 Å². The third-order valence-corrected chi connectivity index (χ3v) is 4.13. The molecule has 1 aromatic rings. The zero-order valence-electron chi connectivity index (χ0n) is 11.8. The minimum Gasteiger partial charge on any atom is -0.495 e.